The molecule has 0 aromatic heterocycles. The fourth-order valence-corrected chi connectivity index (χ4v) is 2.42. The average Bonchev–Trinajstić information content (AvgIpc) is 2.46. The van der Waals surface area contributed by atoms with Gasteiger partial charge < -0.3 is 15.0 Å². The molecule has 1 aromatic carbocycles. The summed E-state index contributed by atoms with van der Waals surface area (Å²) in [6.45, 7) is 1.78. The number of nitro benzene ring substituents is 1. The molecule has 1 aliphatic heterocycles. The highest BCUT2D eigenvalue weighted by molar-refractivity contribution is 5.58. The van der Waals surface area contributed by atoms with E-state index in [0.29, 0.717) is 11.8 Å². The van der Waals surface area contributed by atoms with Crippen LogP contribution in [-0.4, -0.2) is 38.2 Å². The van der Waals surface area contributed by atoms with Crippen molar-refractivity contribution in [3.63, 3.8) is 0 Å². The molecule has 0 spiro atoms. The molecule has 0 aliphatic carbocycles. The molecule has 1 aliphatic rings. The van der Waals surface area contributed by atoms with Gasteiger partial charge in [0.15, 0.2) is 0 Å². The van der Waals surface area contributed by atoms with Crippen LogP contribution in [0.3, 0.4) is 0 Å². The quantitative estimate of drug-likeness (QED) is 0.664. The summed E-state index contributed by atoms with van der Waals surface area (Å²) in [4.78, 5) is 12.7. The second kappa shape index (κ2) is 5.88. The molecule has 19 heavy (non-hydrogen) atoms. The number of anilines is 1. The summed E-state index contributed by atoms with van der Waals surface area (Å²) in [7, 11) is 3.47. The lowest BCUT2D eigenvalue weighted by atomic mass is 10.0. The van der Waals surface area contributed by atoms with Crippen molar-refractivity contribution in [1.82, 2.24) is 5.32 Å². The summed E-state index contributed by atoms with van der Waals surface area (Å²) in [6, 6.07) is 5.34. The summed E-state index contributed by atoms with van der Waals surface area (Å²) < 4.78 is 5.14. The van der Waals surface area contributed by atoms with Crippen molar-refractivity contribution in [2.24, 2.45) is 0 Å². The van der Waals surface area contributed by atoms with Crippen LogP contribution in [0.2, 0.25) is 0 Å². The Balaban J connectivity index is 2.27. The molecule has 0 bridgehead atoms. The maximum atomic E-state index is 10.9. The fraction of sp³-hybridized carbons (Fsp3) is 0.538. The molecule has 1 heterocycles. The molecular weight excluding hydrogens is 246 g/mol. The van der Waals surface area contributed by atoms with Gasteiger partial charge in [0.1, 0.15) is 5.75 Å². The number of nitro groups is 1. The molecule has 1 atom stereocenters. The number of hydrogen-bond donors (Lipinski definition) is 1. The SMILES string of the molecule is CNC1CCCN(c2cc(OC)cc([N+](=O)[O-])c2)C1. The second-order valence-electron chi connectivity index (χ2n) is 4.72. The third-order valence-electron chi connectivity index (χ3n) is 3.52. The lowest BCUT2D eigenvalue weighted by Crippen LogP contribution is -2.44. The van der Waals surface area contributed by atoms with Gasteiger partial charge in [-0.15, -0.1) is 0 Å². The molecule has 1 saturated heterocycles. The number of methoxy groups -OCH3 is 1. The Morgan fingerprint density at radius 3 is 2.89 bits per heavy atom. The zero-order chi connectivity index (χ0) is 13.8. The fourth-order valence-electron chi connectivity index (χ4n) is 2.42. The van der Waals surface area contributed by atoms with Gasteiger partial charge in [-0.25, -0.2) is 0 Å². The van der Waals surface area contributed by atoms with Crippen molar-refractivity contribution in [3.05, 3.63) is 28.3 Å². The van der Waals surface area contributed by atoms with E-state index in [1.807, 2.05) is 13.1 Å². The van der Waals surface area contributed by atoms with Gasteiger partial charge in [-0.2, -0.15) is 0 Å². The van der Waals surface area contributed by atoms with Gasteiger partial charge in [0, 0.05) is 37.0 Å². The number of nitrogens with one attached hydrogen (secondary N) is 1. The average molecular weight is 265 g/mol. The van der Waals surface area contributed by atoms with Crippen LogP contribution in [0.4, 0.5) is 11.4 Å². The summed E-state index contributed by atoms with van der Waals surface area (Å²) in [5.41, 5.74) is 0.923. The predicted molar refractivity (Wildman–Crippen MR) is 73.9 cm³/mol. The highest BCUT2D eigenvalue weighted by Gasteiger charge is 2.21. The van der Waals surface area contributed by atoms with Crippen molar-refractivity contribution in [3.8, 4) is 5.75 Å². The lowest BCUT2D eigenvalue weighted by molar-refractivity contribution is -0.384. The molecule has 2 rings (SSSR count). The Bertz CT molecular complexity index is 464. The minimum atomic E-state index is -0.383. The third-order valence-corrected chi connectivity index (χ3v) is 3.52. The van der Waals surface area contributed by atoms with Gasteiger partial charge in [0.2, 0.25) is 0 Å². The minimum absolute atomic E-state index is 0.0703. The molecular formula is C13H19N3O3. The van der Waals surface area contributed by atoms with E-state index in [1.165, 1.54) is 13.2 Å². The molecule has 0 saturated carbocycles. The number of nitrogens with zero attached hydrogens (tertiary/aromatic N) is 2. The van der Waals surface area contributed by atoms with E-state index < -0.39 is 0 Å². The summed E-state index contributed by atoms with van der Waals surface area (Å²) >= 11 is 0. The molecule has 1 unspecified atom stereocenters. The number of benzene rings is 1. The van der Waals surface area contributed by atoms with E-state index in [0.717, 1.165) is 31.6 Å². The van der Waals surface area contributed by atoms with Gasteiger partial charge in [-0.05, 0) is 19.9 Å². The largest absolute Gasteiger partial charge is 0.496 e. The molecule has 0 radical (unpaired) electrons. The zero-order valence-electron chi connectivity index (χ0n) is 11.3. The molecule has 104 valence electrons. The van der Waals surface area contributed by atoms with Gasteiger partial charge in [-0.3, -0.25) is 10.1 Å². The van der Waals surface area contributed by atoms with Crippen molar-refractivity contribution in [2.45, 2.75) is 18.9 Å². The van der Waals surface area contributed by atoms with Crippen LogP contribution in [0.25, 0.3) is 0 Å². The summed E-state index contributed by atoms with van der Waals surface area (Å²) in [5, 5.41) is 14.2. The maximum absolute atomic E-state index is 10.9. The van der Waals surface area contributed by atoms with Crippen LogP contribution in [0.1, 0.15) is 12.8 Å². The zero-order valence-corrected chi connectivity index (χ0v) is 11.3. The highest BCUT2D eigenvalue weighted by atomic mass is 16.6. The number of piperidine rings is 1. The Morgan fingerprint density at radius 1 is 1.47 bits per heavy atom. The van der Waals surface area contributed by atoms with Crippen molar-refractivity contribution in [1.29, 1.82) is 0 Å². The van der Waals surface area contributed by atoms with Crippen LogP contribution in [-0.2, 0) is 0 Å². The van der Waals surface area contributed by atoms with Crippen molar-refractivity contribution < 1.29 is 9.66 Å². The first-order valence-electron chi connectivity index (χ1n) is 6.39. The van der Waals surface area contributed by atoms with Gasteiger partial charge >= 0.3 is 0 Å². The Hall–Kier alpha value is -1.82. The molecule has 0 amide bonds. The molecule has 6 nitrogen and oxygen atoms in total. The van der Waals surface area contributed by atoms with E-state index in [9.17, 15) is 10.1 Å². The standard InChI is InChI=1S/C13H19N3O3/c1-14-10-4-3-5-15(9-10)11-6-12(16(17)18)8-13(7-11)19-2/h6-8,10,14H,3-5,9H2,1-2H3. The first-order chi connectivity index (χ1) is 9.13. The smallest absolute Gasteiger partial charge is 0.275 e. The Kier molecular flexibility index (Phi) is 4.21. The van der Waals surface area contributed by atoms with E-state index in [1.54, 1.807) is 6.07 Å². The number of hydrogen-bond acceptors (Lipinski definition) is 5. The predicted octanol–water partition coefficient (Wildman–Crippen LogP) is 1.79. The van der Waals surface area contributed by atoms with Crippen LogP contribution >= 0.6 is 0 Å². The molecule has 1 N–H and O–H groups in total. The molecule has 1 fully saturated rings. The van der Waals surface area contributed by atoms with E-state index in [4.69, 9.17) is 4.74 Å². The maximum Gasteiger partial charge on any atom is 0.275 e. The van der Waals surface area contributed by atoms with E-state index >= 15 is 0 Å². The summed E-state index contributed by atoms with van der Waals surface area (Å²) in [6.07, 6.45) is 2.22. The highest BCUT2D eigenvalue weighted by Crippen LogP contribution is 2.29. The Morgan fingerprint density at radius 2 is 2.26 bits per heavy atom. The lowest BCUT2D eigenvalue weighted by Gasteiger charge is -2.34. The first-order valence-corrected chi connectivity index (χ1v) is 6.39. The van der Waals surface area contributed by atoms with Crippen molar-refractivity contribution in [2.75, 3.05) is 32.1 Å². The van der Waals surface area contributed by atoms with Gasteiger partial charge in [-0.1, -0.05) is 0 Å². The van der Waals surface area contributed by atoms with Gasteiger partial charge in [0.25, 0.3) is 5.69 Å². The number of likely N-dealkylation sites (N-methyl/N-ethyl adjacent to an activating group) is 1. The summed E-state index contributed by atoms with van der Waals surface area (Å²) in [5.74, 6) is 0.524. The number of ether oxygens (including phenoxy) is 1. The van der Waals surface area contributed by atoms with Crippen LogP contribution < -0.4 is 15.0 Å². The Labute approximate surface area is 112 Å². The molecule has 6 heteroatoms. The van der Waals surface area contributed by atoms with E-state index in [2.05, 4.69) is 10.2 Å². The van der Waals surface area contributed by atoms with E-state index in [-0.39, 0.29) is 10.6 Å². The van der Waals surface area contributed by atoms with Gasteiger partial charge in [0.05, 0.1) is 18.1 Å². The minimum Gasteiger partial charge on any atom is -0.496 e. The topological polar surface area (TPSA) is 67.6 Å². The number of rotatable bonds is 4. The van der Waals surface area contributed by atoms with Crippen LogP contribution in [0.15, 0.2) is 18.2 Å². The second-order valence-corrected chi connectivity index (χ2v) is 4.72. The first kappa shape index (κ1) is 13.6. The number of non-ortho nitro benzene ring substituents is 1. The monoisotopic (exact) mass is 265 g/mol. The normalized spacial score (nSPS) is 19.3. The third kappa shape index (κ3) is 3.14. The van der Waals surface area contributed by atoms with Crippen LogP contribution in [0.5, 0.6) is 5.75 Å². The van der Waals surface area contributed by atoms with Crippen molar-refractivity contribution >= 4 is 11.4 Å². The molecule has 1 aromatic rings. The van der Waals surface area contributed by atoms with Crippen LogP contribution in [0, 0.1) is 10.1 Å².